The molecule has 0 spiro atoms. The van der Waals surface area contributed by atoms with E-state index in [1.54, 1.807) is 0 Å². The van der Waals surface area contributed by atoms with Gasteiger partial charge in [-0.3, -0.25) is 0 Å². The topological polar surface area (TPSA) is 19.6 Å². The van der Waals surface area contributed by atoms with Gasteiger partial charge in [-0.05, 0) is 160 Å². The van der Waals surface area contributed by atoms with Gasteiger partial charge in [0.1, 0.15) is 0 Å². The fourth-order valence-electron chi connectivity index (χ4n) is 11.4. The molecule has 352 valence electrons. The fourth-order valence-corrected chi connectivity index (χ4v) is 11.4. The van der Waals surface area contributed by atoms with Crippen LogP contribution < -0.4 is 31.1 Å². The molecule has 2 aliphatic rings. The van der Waals surface area contributed by atoms with Gasteiger partial charge >= 0.3 is 0 Å². The van der Waals surface area contributed by atoms with Crippen molar-refractivity contribution in [2.45, 2.75) is 106 Å². The summed E-state index contributed by atoms with van der Waals surface area (Å²) in [5, 5.41) is 2.49. The molecule has 0 unspecified atom stereocenters. The zero-order valence-electron chi connectivity index (χ0n) is 43.4. The van der Waals surface area contributed by atoms with Crippen LogP contribution in [0.2, 0.25) is 0 Å². The molecule has 4 heterocycles. The summed E-state index contributed by atoms with van der Waals surface area (Å²) in [6.07, 6.45) is 4.66. The summed E-state index contributed by atoms with van der Waals surface area (Å²) in [6.45, 7) is 29.3. The lowest BCUT2D eigenvalue weighted by molar-refractivity contribution is 0.590. The van der Waals surface area contributed by atoms with Crippen molar-refractivity contribution in [3.8, 4) is 11.4 Å². The van der Waals surface area contributed by atoms with E-state index in [1.807, 2.05) is 0 Å². The lowest BCUT2D eigenvalue weighted by Crippen LogP contribution is -2.59. The molecule has 7 aromatic carbocycles. The van der Waals surface area contributed by atoms with Gasteiger partial charge in [0.25, 0.3) is 6.71 Å². The first-order valence-corrected chi connectivity index (χ1v) is 25.8. The van der Waals surface area contributed by atoms with Gasteiger partial charge in [0.05, 0.1) is 22.4 Å². The first-order chi connectivity index (χ1) is 33.5. The van der Waals surface area contributed by atoms with Gasteiger partial charge in [-0.25, -0.2) is 0 Å². The number of rotatable bonds is 11. The van der Waals surface area contributed by atoms with E-state index in [4.69, 9.17) is 0 Å². The van der Waals surface area contributed by atoms with Crippen LogP contribution in [-0.2, 0) is 10.8 Å². The number of benzene rings is 7. The van der Waals surface area contributed by atoms with Crippen LogP contribution in [-0.4, -0.2) is 28.9 Å². The summed E-state index contributed by atoms with van der Waals surface area (Å²) in [6, 6.07) is 56.3. The summed E-state index contributed by atoms with van der Waals surface area (Å²) in [5.74, 6) is 0.906. The van der Waals surface area contributed by atoms with Crippen LogP contribution in [0.1, 0.15) is 117 Å². The Bertz CT molecular complexity index is 3190. The van der Waals surface area contributed by atoms with Crippen LogP contribution in [0.25, 0.3) is 33.2 Å². The van der Waals surface area contributed by atoms with Gasteiger partial charge in [-0.15, -0.1) is 0 Å². The van der Waals surface area contributed by atoms with Crippen molar-refractivity contribution >= 4 is 84.7 Å². The summed E-state index contributed by atoms with van der Waals surface area (Å²) in [7, 11) is 0. The van der Waals surface area contributed by atoms with Crippen LogP contribution in [0, 0.1) is 0 Å². The van der Waals surface area contributed by atoms with Crippen molar-refractivity contribution in [1.29, 1.82) is 0 Å². The van der Waals surface area contributed by atoms with Crippen molar-refractivity contribution in [1.82, 2.24) is 9.13 Å². The SMILES string of the molecule is CCN(CC)c1cc2c3c(c1)-n1ccc4c(N(c5ccc(C(C)C)cc5)c5ccc(C(C)(C)C)cc5)ccc(c41)B3c1ccc(N(c3ccc(C(C)C)cc3)c3ccc(C(C)(C)C)cc3)c3ccn-2c13. The van der Waals surface area contributed by atoms with Crippen molar-refractivity contribution in [2.75, 3.05) is 27.8 Å². The Morgan fingerprint density at radius 2 is 0.800 bits per heavy atom. The largest absolute Gasteiger partial charge is 0.372 e. The molecule has 70 heavy (non-hydrogen) atoms. The van der Waals surface area contributed by atoms with Gasteiger partial charge in [0.2, 0.25) is 0 Å². The zero-order valence-corrected chi connectivity index (χ0v) is 43.4. The van der Waals surface area contributed by atoms with Crippen LogP contribution in [0.3, 0.4) is 0 Å². The Kier molecular flexibility index (Phi) is 11.0. The third-order valence-electron chi connectivity index (χ3n) is 15.5. The molecule has 11 rings (SSSR count). The summed E-state index contributed by atoms with van der Waals surface area (Å²) >= 11 is 0. The van der Waals surface area contributed by atoms with E-state index in [0.29, 0.717) is 11.8 Å². The van der Waals surface area contributed by atoms with Crippen LogP contribution in [0.4, 0.5) is 39.8 Å². The normalized spacial score (nSPS) is 12.9. The Labute approximate surface area is 417 Å². The molecule has 0 N–H and O–H groups in total. The molecule has 0 radical (unpaired) electrons. The molecule has 0 fully saturated rings. The molecule has 0 amide bonds. The average Bonchev–Trinajstić information content (AvgIpc) is 4.01. The first-order valence-electron chi connectivity index (χ1n) is 25.8. The lowest BCUT2D eigenvalue weighted by Gasteiger charge is -2.36. The highest BCUT2D eigenvalue weighted by atomic mass is 15.2. The molecule has 5 nitrogen and oxygen atoms in total. The van der Waals surface area contributed by atoms with E-state index in [1.165, 1.54) is 88.9 Å². The third kappa shape index (κ3) is 7.36. The van der Waals surface area contributed by atoms with Gasteiger partial charge in [0.15, 0.2) is 0 Å². The molecule has 0 saturated carbocycles. The molecule has 0 atom stereocenters. The van der Waals surface area contributed by atoms with Crippen LogP contribution >= 0.6 is 0 Å². The second kappa shape index (κ2) is 16.9. The molecule has 2 aromatic heterocycles. The van der Waals surface area contributed by atoms with Crippen molar-refractivity contribution in [3.05, 3.63) is 180 Å². The average molecular weight is 918 g/mol. The quantitative estimate of drug-likeness (QED) is 0.121. The summed E-state index contributed by atoms with van der Waals surface area (Å²) in [5.41, 5.74) is 22.8. The molecule has 9 aromatic rings. The molecule has 2 aliphatic heterocycles. The first kappa shape index (κ1) is 45.5. The van der Waals surface area contributed by atoms with Gasteiger partial charge in [-0.2, -0.15) is 0 Å². The lowest BCUT2D eigenvalue weighted by atomic mass is 9.34. The third-order valence-corrected chi connectivity index (χ3v) is 15.5. The Balaban J connectivity index is 1.14. The molecule has 0 bridgehead atoms. The maximum absolute atomic E-state index is 2.50. The number of nitrogens with zero attached hydrogens (tertiary/aromatic N) is 5. The molecular weight excluding hydrogens is 850 g/mol. The number of aromatic nitrogens is 2. The minimum Gasteiger partial charge on any atom is -0.372 e. The predicted molar refractivity (Wildman–Crippen MR) is 303 cm³/mol. The van der Waals surface area contributed by atoms with E-state index >= 15 is 0 Å². The van der Waals surface area contributed by atoms with E-state index in [-0.39, 0.29) is 17.5 Å². The van der Waals surface area contributed by atoms with Crippen LogP contribution in [0.5, 0.6) is 0 Å². The van der Waals surface area contributed by atoms with E-state index in [0.717, 1.165) is 35.8 Å². The van der Waals surface area contributed by atoms with E-state index in [2.05, 4.69) is 265 Å². The number of hydrogen-bond acceptors (Lipinski definition) is 3. The zero-order chi connectivity index (χ0) is 49.0. The predicted octanol–water partition coefficient (Wildman–Crippen LogP) is 15.3. The molecular formula is C64H68BN5. The second-order valence-electron chi connectivity index (χ2n) is 22.5. The minimum absolute atomic E-state index is 0.0309. The smallest absolute Gasteiger partial charge is 0.252 e. The van der Waals surface area contributed by atoms with Crippen molar-refractivity contribution < 1.29 is 0 Å². The Morgan fingerprint density at radius 3 is 1.13 bits per heavy atom. The maximum Gasteiger partial charge on any atom is 0.252 e. The summed E-state index contributed by atoms with van der Waals surface area (Å²) < 4.78 is 5.01. The standard InChI is InChI=1S/C64H68BN5/c1-13-66(14-2)51-39-58-60-59(40-51)68-38-36-53-57(70(48-25-17-44(18-26-48)42(5)6)50-29-21-46(22-30-50)64(10,11)12)34-32-55(62(53)68)65(60)54-31-33-56(52-35-37-67(58)61(52)54)69(47-23-15-43(16-24-47)41(3)4)49-27-19-45(20-28-49)63(7,8)9/h15-42H,13-14H2,1-12H3. The Hall–Kier alpha value is -6.92. The number of anilines is 7. The molecule has 6 heteroatoms. The molecule has 0 saturated heterocycles. The minimum atomic E-state index is 0.0309. The highest BCUT2D eigenvalue weighted by molar-refractivity contribution is 7.00. The summed E-state index contributed by atoms with van der Waals surface area (Å²) in [4.78, 5) is 7.45. The highest BCUT2D eigenvalue weighted by Crippen LogP contribution is 2.45. The van der Waals surface area contributed by atoms with Gasteiger partial charge < -0.3 is 23.8 Å². The Morgan fingerprint density at radius 1 is 0.443 bits per heavy atom. The number of hydrogen-bond donors (Lipinski definition) is 0. The monoisotopic (exact) mass is 918 g/mol. The van der Waals surface area contributed by atoms with Crippen molar-refractivity contribution in [3.63, 3.8) is 0 Å². The number of fused-ring (bicyclic) bond motifs is 4. The van der Waals surface area contributed by atoms with Gasteiger partial charge in [0, 0.05) is 76.1 Å². The molecule has 0 aliphatic carbocycles. The maximum atomic E-state index is 2.50. The van der Waals surface area contributed by atoms with E-state index in [9.17, 15) is 0 Å². The van der Waals surface area contributed by atoms with Gasteiger partial charge in [-0.1, -0.05) is 130 Å². The highest BCUT2D eigenvalue weighted by Gasteiger charge is 2.41. The van der Waals surface area contributed by atoms with E-state index < -0.39 is 0 Å². The fraction of sp³-hybridized carbons (Fsp3) is 0.281. The van der Waals surface area contributed by atoms with Crippen LogP contribution in [0.15, 0.2) is 158 Å². The van der Waals surface area contributed by atoms with Crippen molar-refractivity contribution in [2.24, 2.45) is 0 Å². The second-order valence-corrected chi connectivity index (χ2v) is 22.5.